The minimum absolute atomic E-state index is 0.121. The molecule has 96 valence electrons. The lowest BCUT2D eigenvalue weighted by Gasteiger charge is -2.21. The van der Waals surface area contributed by atoms with E-state index in [-0.39, 0.29) is 12.1 Å². The summed E-state index contributed by atoms with van der Waals surface area (Å²) >= 11 is 0. The van der Waals surface area contributed by atoms with Crippen molar-refractivity contribution in [3.05, 3.63) is 12.2 Å². The highest BCUT2D eigenvalue weighted by molar-refractivity contribution is 5.82. The number of rotatable bonds is 5. The van der Waals surface area contributed by atoms with E-state index in [2.05, 4.69) is 16.7 Å². The summed E-state index contributed by atoms with van der Waals surface area (Å²) in [5.74, 6) is -0.981. The van der Waals surface area contributed by atoms with Gasteiger partial charge >= 0.3 is 12.0 Å². The second-order valence-electron chi connectivity index (χ2n) is 4.28. The maximum Gasteiger partial charge on any atom is 0.326 e. The van der Waals surface area contributed by atoms with Gasteiger partial charge in [0, 0.05) is 6.04 Å². The normalized spacial score (nSPS) is 20.6. The smallest absolute Gasteiger partial charge is 0.326 e. The van der Waals surface area contributed by atoms with E-state index in [1.165, 1.54) is 0 Å². The first-order chi connectivity index (χ1) is 8.13. The number of nitrogens with one attached hydrogen (secondary N) is 2. The van der Waals surface area contributed by atoms with Crippen LogP contribution in [0.4, 0.5) is 4.79 Å². The molecule has 1 aliphatic carbocycles. The van der Waals surface area contributed by atoms with Gasteiger partial charge in [-0.2, -0.15) is 0 Å². The Kier molecular flexibility index (Phi) is 5.52. The van der Waals surface area contributed by atoms with Crippen LogP contribution in [0.1, 0.15) is 39.0 Å². The van der Waals surface area contributed by atoms with Crippen molar-refractivity contribution in [2.75, 3.05) is 0 Å². The fraction of sp³-hybridized carbons (Fsp3) is 0.667. The summed E-state index contributed by atoms with van der Waals surface area (Å²) in [6.45, 7) is 1.89. The number of hydrogen-bond acceptors (Lipinski definition) is 2. The predicted molar refractivity (Wildman–Crippen MR) is 64.8 cm³/mol. The van der Waals surface area contributed by atoms with Crippen LogP contribution in [-0.2, 0) is 4.79 Å². The van der Waals surface area contributed by atoms with Crippen LogP contribution in [-0.4, -0.2) is 29.2 Å². The number of urea groups is 1. The van der Waals surface area contributed by atoms with Crippen molar-refractivity contribution in [2.24, 2.45) is 0 Å². The van der Waals surface area contributed by atoms with Gasteiger partial charge in [-0.15, -0.1) is 0 Å². The first kappa shape index (κ1) is 13.5. The van der Waals surface area contributed by atoms with Crippen molar-refractivity contribution < 1.29 is 14.7 Å². The second-order valence-corrected chi connectivity index (χ2v) is 4.28. The van der Waals surface area contributed by atoms with E-state index < -0.39 is 12.0 Å². The van der Waals surface area contributed by atoms with Crippen molar-refractivity contribution in [3.63, 3.8) is 0 Å². The van der Waals surface area contributed by atoms with E-state index in [9.17, 15) is 9.59 Å². The molecule has 5 heteroatoms. The molecule has 1 aliphatic rings. The average molecular weight is 240 g/mol. The summed E-state index contributed by atoms with van der Waals surface area (Å²) < 4.78 is 0. The van der Waals surface area contributed by atoms with Crippen LogP contribution >= 0.6 is 0 Å². The Morgan fingerprint density at radius 2 is 2.24 bits per heavy atom. The van der Waals surface area contributed by atoms with Gasteiger partial charge in [0.25, 0.3) is 0 Å². The lowest BCUT2D eigenvalue weighted by Crippen LogP contribution is -2.49. The monoisotopic (exact) mass is 240 g/mol. The Labute approximate surface area is 101 Å². The summed E-state index contributed by atoms with van der Waals surface area (Å²) in [7, 11) is 0. The van der Waals surface area contributed by atoms with Gasteiger partial charge in [-0.1, -0.05) is 25.5 Å². The molecule has 0 aromatic heterocycles. The molecule has 1 unspecified atom stereocenters. The molecule has 0 spiro atoms. The first-order valence-electron chi connectivity index (χ1n) is 6.08. The third kappa shape index (κ3) is 4.89. The molecule has 0 aromatic carbocycles. The van der Waals surface area contributed by atoms with Crippen LogP contribution in [0.25, 0.3) is 0 Å². The van der Waals surface area contributed by atoms with Gasteiger partial charge in [-0.05, 0) is 25.7 Å². The van der Waals surface area contributed by atoms with Crippen molar-refractivity contribution in [1.29, 1.82) is 0 Å². The number of amides is 2. The molecule has 0 heterocycles. The fourth-order valence-corrected chi connectivity index (χ4v) is 1.86. The number of aliphatic carboxylic acids is 1. The maximum absolute atomic E-state index is 11.6. The van der Waals surface area contributed by atoms with Crippen LogP contribution in [0.3, 0.4) is 0 Å². The highest BCUT2D eigenvalue weighted by Gasteiger charge is 2.20. The quantitative estimate of drug-likeness (QED) is 0.639. The Hall–Kier alpha value is -1.52. The van der Waals surface area contributed by atoms with E-state index in [1.807, 2.05) is 13.0 Å². The molecule has 2 atom stereocenters. The van der Waals surface area contributed by atoms with Gasteiger partial charge in [0.15, 0.2) is 0 Å². The van der Waals surface area contributed by atoms with Gasteiger partial charge in [0.1, 0.15) is 6.04 Å². The molecule has 0 saturated heterocycles. The van der Waals surface area contributed by atoms with Crippen molar-refractivity contribution in [2.45, 2.75) is 51.1 Å². The summed E-state index contributed by atoms with van der Waals surface area (Å²) in [5.41, 5.74) is 0. The Morgan fingerprint density at radius 3 is 2.76 bits per heavy atom. The maximum atomic E-state index is 11.6. The van der Waals surface area contributed by atoms with Crippen molar-refractivity contribution in [3.8, 4) is 0 Å². The van der Waals surface area contributed by atoms with E-state index in [0.29, 0.717) is 6.42 Å². The van der Waals surface area contributed by atoms with Crippen LogP contribution in [0.15, 0.2) is 12.2 Å². The number of carboxylic acids is 1. The fourth-order valence-electron chi connectivity index (χ4n) is 1.86. The topological polar surface area (TPSA) is 78.4 Å². The third-order valence-corrected chi connectivity index (χ3v) is 2.79. The number of carbonyl (C=O) groups excluding carboxylic acids is 1. The molecule has 0 aromatic rings. The van der Waals surface area contributed by atoms with Gasteiger partial charge in [-0.25, -0.2) is 9.59 Å². The zero-order chi connectivity index (χ0) is 12.7. The Bertz CT molecular complexity index is 302. The lowest BCUT2D eigenvalue weighted by atomic mass is 10.0. The summed E-state index contributed by atoms with van der Waals surface area (Å²) in [4.78, 5) is 22.5. The molecular formula is C12H20N2O3. The van der Waals surface area contributed by atoms with Crippen LogP contribution in [0.5, 0.6) is 0 Å². The predicted octanol–water partition coefficient (Wildman–Crippen LogP) is 1.65. The summed E-state index contributed by atoms with van der Waals surface area (Å²) in [6, 6.07) is -1.05. The van der Waals surface area contributed by atoms with Crippen molar-refractivity contribution >= 4 is 12.0 Å². The van der Waals surface area contributed by atoms with E-state index in [4.69, 9.17) is 5.11 Å². The van der Waals surface area contributed by atoms with Gasteiger partial charge in [-0.3, -0.25) is 0 Å². The average Bonchev–Trinajstić information content (AvgIpc) is 2.29. The molecule has 0 fully saturated rings. The number of allylic oxidation sites excluding steroid dienone is 1. The number of carbonyl (C=O) groups is 2. The summed E-state index contributed by atoms with van der Waals surface area (Å²) in [5, 5.41) is 14.2. The molecule has 1 rings (SSSR count). The zero-order valence-electron chi connectivity index (χ0n) is 10.1. The third-order valence-electron chi connectivity index (χ3n) is 2.79. The molecule has 2 amide bonds. The molecule has 0 saturated carbocycles. The SMILES string of the molecule is CCC[C@H](NC(=O)NC1CC=CCC1)C(=O)O. The van der Waals surface area contributed by atoms with E-state index in [1.54, 1.807) is 0 Å². The molecular weight excluding hydrogens is 220 g/mol. The zero-order valence-corrected chi connectivity index (χ0v) is 10.1. The summed E-state index contributed by atoms with van der Waals surface area (Å²) in [6.07, 6.45) is 8.00. The number of hydrogen-bond donors (Lipinski definition) is 3. The molecule has 17 heavy (non-hydrogen) atoms. The largest absolute Gasteiger partial charge is 0.480 e. The molecule has 0 bridgehead atoms. The van der Waals surface area contributed by atoms with Crippen molar-refractivity contribution in [1.82, 2.24) is 10.6 Å². The Balaban J connectivity index is 2.36. The first-order valence-corrected chi connectivity index (χ1v) is 6.08. The Morgan fingerprint density at radius 1 is 1.47 bits per heavy atom. The van der Waals surface area contributed by atoms with Crippen LogP contribution in [0, 0.1) is 0 Å². The second kappa shape index (κ2) is 6.93. The van der Waals surface area contributed by atoms with Crippen LogP contribution < -0.4 is 10.6 Å². The van der Waals surface area contributed by atoms with E-state index >= 15 is 0 Å². The number of carboxylic acid groups (broad SMARTS) is 1. The van der Waals surface area contributed by atoms with E-state index in [0.717, 1.165) is 25.7 Å². The highest BCUT2D eigenvalue weighted by atomic mass is 16.4. The molecule has 0 radical (unpaired) electrons. The highest BCUT2D eigenvalue weighted by Crippen LogP contribution is 2.10. The van der Waals surface area contributed by atoms with Gasteiger partial charge in [0.05, 0.1) is 0 Å². The standard InChI is InChI=1S/C12H20N2O3/c1-2-6-10(11(15)16)14-12(17)13-9-7-4-3-5-8-9/h3-4,9-10H,2,5-8H2,1H3,(H,15,16)(H2,13,14,17)/t9?,10-/m0/s1. The molecule has 0 aliphatic heterocycles. The van der Waals surface area contributed by atoms with Crippen LogP contribution in [0.2, 0.25) is 0 Å². The minimum atomic E-state index is -0.981. The van der Waals surface area contributed by atoms with Gasteiger partial charge < -0.3 is 15.7 Å². The van der Waals surface area contributed by atoms with Gasteiger partial charge in [0.2, 0.25) is 0 Å². The molecule has 3 N–H and O–H groups in total. The minimum Gasteiger partial charge on any atom is -0.480 e. The molecule has 5 nitrogen and oxygen atoms in total. The lowest BCUT2D eigenvalue weighted by molar-refractivity contribution is -0.139.